The van der Waals surface area contributed by atoms with Crippen LogP contribution in [0.2, 0.25) is 0 Å². The fourth-order valence-electron chi connectivity index (χ4n) is 1.72. The van der Waals surface area contributed by atoms with Crippen LogP contribution in [0, 0.1) is 0 Å². The van der Waals surface area contributed by atoms with Gasteiger partial charge in [-0.25, -0.2) is 4.98 Å². The molecule has 0 spiro atoms. The largest absolute Gasteiger partial charge is 0.370 e. The zero-order chi connectivity index (χ0) is 14.4. The van der Waals surface area contributed by atoms with E-state index in [2.05, 4.69) is 27.5 Å². The first-order valence-electron chi connectivity index (χ1n) is 6.64. The number of carbonyl (C=O) groups excluding carboxylic acids is 1. The summed E-state index contributed by atoms with van der Waals surface area (Å²) < 4.78 is 0. The summed E-state index contributed by atoms with van der Waals surface area (Å²) in [6.45, 7) is 4.52. The van der Waals surface area contributed by atoms with Crippen LogP contribution in [0.25, 0.3) is 0 Å². The first kappa shape index (κ1) is 14.0. The minimum absolute atomic E-state index is 0.0351. The second kappa shape index (κ2) is 6.65. The Hall–Kier alpha value is -2.43. The monoisotopic (exact) mass is 270 g/mol. The van der Waals surface area contributed by atoms with E-state index in [1.165, 1.54) is 0 Å². The van der Waals surface area contributed by atoms with Crippen molar-refractivity contribution in [3.63, 3.8) is 0 Å². The van der Waals surface area contributed by atoms with Gasteiger partial charge in [0.05, 0.1) is 0 Å². The fraction of sp³-hybridized carbons (Fsp3) is 0.267. The van der Waals surface area contributed by atoms with Crippen LogP contribution in [-0.2, 0) is 0 Å². The molecule has 2 aromatic rings. The number of hydrogen-bond donors (Lipinski definition) is 2. The molecule has 1 heterocycles. The quantitative estimate of drug-likeness (QED) is 0.789. The van der Waals surface area contributed by atoms with Crippen molar-refractivity contribution in [3.05, 3.63) is 42.1 Å². The van der Waals surface area contributed by atoms with Crippen LogP contribution in [0.15, 0.2) is 36.5 Å². The number of rotatable bonds is 6. The third-order valence-electron chi connectivity index (χ3n) is 2.74. The first-order valence-corrected chi connectivity index (χ1v) is 6.64. The topological polar surface area (TPSA) is 66.9 Å². The maximum absolute atomic E-state index is 11.4. The van der Waals surface area contributed by atoms with Gasteiger partial charge in [0.25, 0.3) is 0 Å². The van der Waals surface area contributed by atoms with Crippen molar-refractivity contribution in [2.75, 3.05) is 17.2 Å². The van der Waals surface area contributed by atoms with E-state index >= 15 is 0 Å². The Kier molecular flexibility index (Phi) is 4.65. The van der Waals surface area contributed by atoms with Crippen LogP contribution in [0.3, 0.4) is 0 Å². The van der Waals surface area contributed by atoms with E-state index in [1.807, 2.05) is 18.2 Å². The van der Waals surface area contributed by atoms with Crippen molar-refractivity contribution in [2.45, 2.75) is 20.3 Å². The van der Waals surface area contributed by atoms with Gasteiger partial charge in [0.2, 0.25) is 5.95 Å². The lowest BCUT2D eigenvalue weighted by Gasteiger charge is -2.08. The SMILES string of the molecule is CCCNc1ccnc(Nc2cccc(C(C)=O)c2)n1. The smallest absolute Gasteiger partial charge is 0.229 e. The number of hydrogen-bond acceptors (Lipinski definition) is 5. The van der Waals surface area contributed by atoms with Crippen LogP contribution < -0.4 is 10.6 Å². The fourth-order valence-corrected chi connectivity index (χ4v) is 1.72. The minimum Gasteiger partial charge on any atom is -0.370 e. The third-order valence-corrected chi connectivity index (χ3v) is 2.74. The van der Waals surface area contributed by atoms with E-state index in [4.69, 9.17) is 0 Å². The van der Waals surface area contributed by atoms with Crippen LogP contribution >= 0.6 is 0 Å². The Morgan fingerprint density at radius 3 is 2.90 bits per heavy atom. The van der Waals surface area contributed by atoms with E-state index in [9.17, 15) is 4.79 Å². The molecule has 0 unspecified atom stereocenters. The Balaban J connectivity index is 2.13. The molecule has 0 atom stereocenters. The molecule has 0 bridgehead atoms. The van der Waals surface area contributed by atoms with Crippen molar-refractivity contribution in [2.24, 2.45) is 0 Å². The van der Waals surface area contributed by atoms with Crippen LogP contribution in [0.4, 0.5) is 17.5 Å². The molecule has 0 amide bonds. The summed E-state index contributed by atoms with van der Waals surface area (Å²) in [5.74, 6) is 1.33. The zero-order valence-electron chi connectivity index (χ0n) is 11.7. The van der Waals surface area contributed by atoms with Gasteiger partial charge in [0.1, 0.15) is 5.82 Å². The molecule has 20 heavy (non-hydrogen) atoms. The average molecular weight is 270 g/mol. The van der Waals surface area contributed by atoms with E-state index in [0.29, 0.717) is 11.5 Å². The van der Waals surface area contributed by atoms with Crippen LogP contribution in [0.1, 0.15) is 30.6 Å². The standard InChI is InChI=1S/C15H18N4O/c1-3-8-16-14-7-9-17-15(19-14)18-13-6-4-5-12(10-13)11(2)20/h4-7,9-10H,3,8H2,1-2H3,(H2,16,17,18,19). The Morgan fingerprint density at radius 1 is 1.30 bits per heavy atom. The number of nitrogens with one attached hydrogen (secondary N) is 2. The van der Waals surface area contributed by atoms with Gasteiger partial charge in [0.15, 0.2) is 5.78 Å². The molecule has 5 heteroatoms. The Morgan fingerprint density at radius 2 is 2.15 bits per heavy atom. The van der Waals surface area contributed by atoms with Gasteiger partial charge >= 0.3 is 0 Å². The molecule has 2 N–H and O–H groups in total. The van der Waals surface area contributed by atoms with E-state index < -0.39 is 0 Å². The van der Waals surface area contributed by atoms with E-state index in [0.717, 1.165) is 24.5 Å². The second-order valence-corrected chi connectivity index (χ2v) is 4.45. The molecular formula is C15H18N4O. The molecule has 1 aromatic heterocycles. The number of ketones is 1. The van der Waals surface area contributed by atoms with Gasteiger partial charge in [-0.15, -0.1) is 0 Å². The summed E-state index contributed by atoms with van der Waals surface area (Å²) in [7, 11) is 0. The molecule has 1 aromatic carbocycles. The number of Topliss-reactive ketones (excluding diaryl/α,β-unsaturated/α-hetero) is 1. The third kappa shape index (κ3) is 3.78. The highest BCUT2D eigenvalue weighted by Gasteiger charge is 2.03. The van der Waals surface area contributed by atoms with Gasteiger partial charge < -0.3 is 10.6 Å². The highest BCUT2D eigenvalue weighted by molar-refractivity contribution is 5.95. The number of nitrogens with zero attached hydrogens (tertiary/aromatic N) is 2. The zero-order valence-corrected chi connectivity index (χ0v) is 11.7. The second-order valence-electron chi connectivity index (χ2n) is 4.45. The minimum atomic E-state index is 0.0351. The molecule has 0 aliphatic carbocycles. The predicted molar refractivity (Wildman–Crippen MR) is 80.5 cm³/mol. The number of benzene rings is 1. The molecule has 0 aliphatic rings. The average Bonchev–Trinajstić information content (AvgIpc) is 2.46. The number of aromatic nitrogens is 2. The van der Waals surface area contributed by atoms with Gasteiger partial charge in [0, 0.05) is 24.0 Å². The van der Waals surface area contributed by atoms with Gasteiger partial charge in [-0.05, 0) is 31.5 Å². The first-order chi connectivity index (χ1) is 9.69. The van der Waals surface area contributed by atoms with Crippen molar-refractivity contribution >= 4 is 23.2 Å². The molecule has 5 nitrogen and oxygen atoms in total. The Labute approximate surface area is 118 Å². The summed E-state index contributed by atoms with van der Waals surface area (Å²) in [4.78, 5) is 19.9. The van der Waals surface area contributed by atoms with Crippen molar-refractivity contribution < 1.29 is 4.79 Å². The van der Waals surface area contributed by atoms with Gasteiger partial charge in [-0.2, -0.15) is 4.98 Å². The highest BCUT2D eigenvalue weighted by Crippen LogP contribution is 2.16. The predicted octanol–water partition coefficient (Wildman–Crippen LogP) is 3.24. The molecule has 104 valence electrons. The molecule has 0 saturated carbocycles. The van der Waals surface area contributed by atoms with Gasteiger partial charge in [-0.3, -0.25) is 4.79 Å². The lowest BCUT2D eigenvalue weighted by atomic mass is 10.1. The highest BCUT2D eigenvalue weighted by atomic mass is 16.1. The maximum Gasteiger partial charge on any atom is 0.229 e. The molecule has 0 fully saturated rings. The molecular weight excluding hydrogens is 252 g/mol. The lowest BCUT2D eigenvalue weighted by Crippen LogP contribution is -2.04. The molecule has 0 radical (unpaired) electrons. The molecule has 2 rings (SSSR count). The summed E-state index contributed by atoms with van der Waals surface area (Å²) in [6.07, 6.45) is 2.73. The Bertz CT molecular complexity index is 598. The van der Waals surface area contributed by atoms with Crippen LogP contribution in [0.5, 0.6) is 0 Å². The molecule has 0 aliphatic heterocycles. The van der Waals surface area contributed by atoms with Gasteiger partial charge in [-0.1, -0.05) is 19.1 Å². The normalized spacial score (nSPS) is 10.1. The van der Waals surface area contributed by atoms with Crippen molar-refractivity contribution in [3.8, 4) is 0 Å². The maximum atomic E-state index is 11.4. The summed E-state index contributed by atoms with van der Waals surface area (Å²) >= 11 is 0. The van der Waals surface area contributed by atoms with Crippen molar-refractivity contribution in [1.82, 2.24) is 9.97 Å². The number of carbonyl (C=O) groups is 1. The summed E-state index contributed by atoms with van der Waals surface area (Å²) in [6, 6.07) is 9.11. The van der Waals surface area contributed by atoms with Crippen molar-refractivity contribution in [1.29, 1.82) is 0 Å². The lowest BCUT2D eigenvalue weighted by molar-refractivity contribution is 0.101. The summed E-state index contributed by atoms with van der Waals surface area (Å²) in [5.41, 5.74) is 1.46. The van der Waals surface area contributed by atoms with E-state index in [1.54, 1.807) is 25.3 Å². The number of anilines is 3. The van der Waals surface area contributed by atoms with Crippen LogP contribution in [-0.4, -0.2) is 22.3 Å². The van der Waals surface area contributed by atoms with E-state index in [-0.39, 0.29) is 5.78 Å². The summed E-state index contributed by atoms with van der Waals surface area (Å²) in [5, 5.41) is 6.31. The molecule has 0 saturated heterocycles.